The molecule has 0 aromatic rings. The summed E-state index contributed by atoms with van der Waals surface area (Å²) in [4.78, 5) is 37.8. The highest BCUT2D eigenvalue weighted by atomic mass is 16.6. The van der Waals surface area contributed by atoms with Crippen LogP contribution in [0.5, 0.6) is 0 Å². The van der Waals surface area contributed by atoms with E-state index in [1.807, 2.05) is 0 Å². The fraction of sp³-hybridized carbons (Fsp3) is 0.865. The van der Waals surface area contributed by atoms with Crippen molar-refractivity contribution in [1.29, 1.82) is 0 Å². The van der Waals surface area contributed by atoms with E-state index >= 15 is 0 Å². The molecule has 1 atom stereocenters. The first-order valence-corrected chi connectivity index (χ1v) is 25.3. The van der Waals surface area contributed by atoms with Gasteiger partial charge in [0, 0.05) is 19.3 Å². The molecule has 0 spiro atoms. The summed E-state index contributed by atoms with van der Waals surface area (Å²) in [6.07, 6.45) is 53.0. The summed E-state index contributed by atoms with van der Waals surface area (Å²) in [5.74, 6) is -0.877. The zero-order valence-corrected chi connectivity index (χ0v) is 38.8. The summed E-state index contributed by atoms with van der Waals surface area (Å²) in [5.41, 5.74) is 0. The Morgan fingerprint density at radius 1 is 0.345 bits per heavy atom. The molecule has 340 valence electrons. The number of hydrogen-bond acceptors (Lipinski definition) is 6. The normalized spacial score (nSPS) is 12.1. The largest absolute Gasteiger partial charge is 0.462 e. The van der Waals surface area contributed by atoms with Gasteiger partial charge in [-0.2, -0.15) is 0 Å². The minimum atomic E-state index is -0.771. The third-order valence-electron chi connectivity index (χ3n) is 11.2. The predicted octanol–water partition coefficient (Wildman–Crippen LogP) is 16.4. The number of ether oxygens (including phenoxy) is 3. The summed E-state index contributed by atoms with van der Waals surface area (Å²) in [6.45, 7) is 6.60. The molecule has 0 heterocycles. The van der Waals surface area contributed by atoms with Gasteiger partial charge in [0.15, 0.2) is 6.10 Å². The fourth-order valence-electron chi connectivity index (χ4n) is 7.36. The van der Waals surface area contributed by atoms with Gasteiger partial charge in [0.25, 0.3) is 0 Å². The van der Waals surface area contributed by atoms with Crippen LogP contribution in [-0.2, 0) is 28.6 Å². The lowest BCUT2D eigenvalue weighted by Crippen LogP contribution is -2.30. The van der Waals surface area contributed by atoms with Crippen molar-refractivity contribution >= 4 is 17.9 Å². The van der Waals surface area contributed by atoms with Gasteiger partial charge in [-0.15, -0.1) is 0 Å². The van der Waals surface area contributed by atoms with Gasteiger partial charge in [0.2, 0.25) is 0 Å². The van der Waals surface area contributed by atoms with E-state index in [-0.39, 0.29) is 31.1 Å². The third-order valence-corrected chi connectivity index (χ3v) is 11.2. The Labute approximate surface area is 360 Å². The van der Waals surface area contributed by atoms with Gasteiger partial charge in [0.1, 0.15) is 13.2 Å². The second-order valence-corrected chi connectivity index (χ2v) is 17.1. The van der Waals surface area contributed by atoms with E-state index in [1.54, 1.807) is 0 Å². The van der Waals surface area contributed by atoms with Crippen molar-refractivity contribution in [1.82, 2.24) is 0 Å². The van der Waals surface area contributed by atoms with Crippen LogP contribution >= 0.6 is 0 Å². The molecule has 1 unspecified atom stereocenters. The minimum Gasteiger partial charge on any atom is -0.462 e. The molecular formula is C52H96O6. The van der Waals surface area contributed by atoms with Crippen molar-refractivity contribution in [2.45, 2.75) is 277 Å². The lowest BCUT2D eigenvalue weighted by Gasteiger charge is -2.18. The van der Waals surface area contributed by atoms with Crippen molar-refractivity contribution in [3.05, 3.63) is 24.3 Å². The maximum Gasteiger partial charge on any atom is 0.306 e. The molecule has 0 saturated heterocycles. The summed E-state index contributed by atoms with van der Waals surface area (Å²) in [6, 6.07) is 0. The predicted molar refractivity (Wildman–Crippen MR) is 247 cm³/mol. The van der Waals surface area contributed by atoms with Crippen LogP contribution in [-0.4, -0.2) is 37.2 Å². The van der Waals surface area contributed by atoms with E-state index in [1.165, 1.54) is 154 Å². The molecule has 0 fully saturated rings. The number of carbonyl (C=O) groups excluding carboxylic acids is 3. The first kappa shape index (κ1) is 55.9. The van der Waals surface area contributed by atoms with Crippen LogP contribution in [0.4, 0.5) is 0 Å². The molecule has 6 heteroatoms. The number of unbranched alkanes of at least 4 members (excludes halogenated alkanes) is 31. The third kappa shape index (κ3) is 45.0. The average Bonchev–Trinajstić information content (AvgIpc) is 3.22. The first-order chi connectivity index (χ1) is 28.5. The zero-order chi connectivity index (χ0) is 42.3. The molecule has 0 rings (SSSR count). The lowest BCUT2D eigenvalue weighted by atomic mass is 10.0. The average molecular weight is 817 g/mol. The van der Waals surface area contributed by atoms with Crippen molar-refractivity contribution < 1.29 is 28.6 Å². The molecule has 0 aliphatic rings. The minimum absolute atomic E-state index is 0.0725. The lowest BCUT2D eigenvalue weighted by molar-refractivity contribution is -0.167. The number of rotatable bonds is 46. The highest BCUT2D eigenvalue weighted by Crippen LogP contribution is 2.16. The van der Waals surface area contributed by atoms with E-state index < -0.39 is 6.10 Å². The standard InChI is InChI=1S/C52H96O6/c1-4-7-10-13-16-19-21-23-25-27-28-30-33-36-39-42-45-51(54)57-48-49(47-56-50(53)44-41-38-35-32-18-15-12-9-6-3)58-52(55)46-43-40-37-34-31-29-26-24-22-20-17-14-11-8-5-2/h17,20,24,26,49H,4-16,18-19,21-23,25,27-48H2,1-3H3/b20-17-,26-24-. The maximum absolute atomic E-state index is 12.8. The molecule has 0 saturated carbocycles. The van der Waals surface area contributed by atoms with Crippen molar-refractivity contribution in [2.75, 3.05) is 13.2 Å². The molecule has 0 radical (unpaired) electrons. The van der Waals surface area contributed by atoms with Crippen LogP contribution in [0, 0.1) is 0 Å². The second kappa shape index (κ2) is 47.6. The van der Waals surface area contributed by atoms with Gasteiger partial charge in [-0.25, -0.2) is 0 Å². The Hall–Kier alpha value is -2.11. The van der Waals surface area contributed by atoms with Gasteiger partial charge in [-0.3, -0.25) is 14.4 Å². The summed E-state index contributed by atoms with van der Waals surface area (Å²) >= 11 is 0. The second-order valence-electron chi connectivity index (χ2n) is 17.1. The number of hydrogen-bond donors (Lipinski definition) is 0. The monoisotopic (exact) mass is 817 g/mol. The Morgan fingerprint density at radius 3 is 0.983 bits per heavy atom. The summed E-state index contributed by atoms with van der Waals surface area (Å²) in [7, 11) is 0. The Kier molecular flexibility index (Phi) is 45.8. The molecule has 58 heavy (non-hydrogen) atoms. The molecular weight excluding hydrogens is 721 g/mol. The molecule has 0 aliphatic heterocycles. The molecule has 0 aromatic heterocycles. The Balaban J connectivity index is 4.31. The van der Waals surface area contributed by atoms with Crippen LogP contribution in [0.15, 0.2) is 24.3 Å². The quantitative estimate of drug-likeness (QED) is 0.0263. The van der Waals surface area contributed by atoms with Crippen LogP contribution in [0.1, 0.15) is 271 Å². The molecule has 0 amide bonds. The van der Waals surface area contributed by atoms with E-state index in [2.05, 4.69) is 45.1 Å². The maximum atomic E-state index is 12.8. The van der Waals surface area contributed by atoms with Gasteiger partial charge in [-0.1, -0.05) is 225 Å². The van der Waals surface area contributed by atoms with Gasteiger partial charge >= 0.3 is 17.9 Å². The van der Waals surface area contributed by atoms with Crippen molar-refractivity contribution in [3.8, 4) is 0 Å². The highest BCUT2D eigenvalue weighted by molar-refractivity contribution is 5.71. The molecule has 0 N–H and O–H groups in total. The fourth-order valence-corrected chi connectivity index (χ4v) is 7.36. The summed E-state index contributed by atoms with van der Waals surface area (Å²) in [5, 5.41) is 0. The topological polar surface area (TPSA) is 78.9 Å². The van der Waals surface area contributed by atoms with Crippen molar-refractivity contribution in [2.24, 2.45) is 0 Å². The SMILES string of the molecule is CCCCC/C=C\C/C=C\CCCCCCCC(=O)OC(COC(=O)CCCCCCCCCCC)COC(=O)CCCCCCCCCCCCCCCCCC. The smallest absolute Gasteiger partial charge is 0.306 e. The van der Waals surface area contributed by atoms with Gasteiger partial charge in [-0.05, 0) is 51.4 Å². The number of esters is 3. The zero-order valence-electron chi connectivity index (χ0n) is 38.8. The Morgan fingerprint density at radius 2 is 0.621 bits per heavy atom. The molecule has 0 aromatic carbocycles. The van der Waals surface area contributed by atoms with E-state index in [0.29, 0.717) is 19.3 Å². The van der Waals surface area contributed by atoms with Gasteiger partial charge < -0.3 is 14.2 Å². The molecule has 0 bridgehead atoms. The van der Waals surface area contributed by atoms with E-state index in [4.69, 9.17) is 14.2 Å². The van der Waals surface area contributed by atoms with E-state index in [9.17, 15) is 14.4 Å². The molecule has 0 aliphatic carbocycles. The van der Waals surface area contributed by atoms with Crippen LogP contribution in [0.2, 0.25) is 0 Å². The van der Waals surface area contributed by atoms with Gasteiger partial charge in [0.05, 0.1) is 0 Å². The Bertz CT molecular complexity index is 942. The van der Waals surface area contributed by atoms with Crippen molar-refractivity contribution in [3.63, 3.8) is 0 Å². The highest BCUT2D eigenvalue weighted by Gasteiger charge is 2.19. The number of allylic oxidation sites excluding steroid dienone is 4. The van der Waals surface area contributed by atoms with Crippen LogP contribution in [0.3, 0.4) is 0 Å². The first-order valence-electron chi connectivity index (χ1n) is 25.3. The van der Waals surface area contributed by atoms with E-state index in [0.717, 1.165) is 77.0 Å². The summed E-state index contributed by atoms with van der Waals surface area (Å²) < 4.78 is 16.7. The van der Waals surface area contributed by atoms with Crippen LogP contribution in [0.25, 0.3) is 0 Å². The molecule has 6 nitrogen and oxygen atoms in total. The van der Waals surface area contributed by atoms with Crippen LogP contribution < -0.4 is 0 Å². The number of carbonyl (C=O) groups is 3.